The molecule has 0 saturated carbocycles. The van der Waals surface area contributed by atoms with Gasteiger partial charge in [-0.2, -0.15) is 5.11 Å². The van der Waals surface area contributed by atoms with Gasteiger partial charge in [-0.05, 0) is 37.1 Å². The zero-order valence-electron chi connectivity index (χ0n) is 7.46. The van der Waals surface area contributed by atoms with Crippen molar-refractivity contribution in [3.8, 4) is 0 Å². The lowest BCUT2D eigenvalue weighted by atomic mass is 10.0. The Balaban J connectivity index is 3.38. The molecule has 1 aromatic rings. The van der Waals surface area contributed by atoms with Gasteiger partial charge in [-0.3, -0.25) is 0 Å². The normalized spacial score (nSPS) is 9.69. The predicted octanol–water partition coefficient (Wildman–Crippen LogP) is 2.66. The van der Waals surface area contributed by atoms with Crippen molar-refractivity contribution in [3.63, 3.8) is 0 Å². The van der Waals surface area contributed by atoms with Gasteiger partial charge in [0.15, 0.2) is 0 Å². The highest BCUT2D eigenvalue weighted by Crippen LogP contribution is 2.23. The Morgan fingerprint density at radius 3 is 2.54 bits per heavy atom. The van der Waals surface area contributed by atoms with Crippen LogP contribution in [0.1, 0.15) is 21.5 Å². The van der Waals surface area contributed by atoms with Crippen LogP contribution in [0.3, 0.4) is 0 Å². The summed E-state index contributed by atoms with van der Waals surface area (Å²) < 4.78 is 0. The fourth-order valence-electron chi connectivity index (χ4n) is 1.08. The number of carbonyl (C=O) groups is 1. The molecule has 4 nitrogen and oxygen atoms in total. The number of nitrogens with one attached hydrogen (secondary N) is 1. The first-order valence-electron chi connectivity index (χ1n) is 3.78. The predicted molar refractivity (Wildman–Crippen MR) is 47.7 cm³/mol. The average Bonchev–Trinajstić information content (AvgIpc) is 2.09. The first-order valence-corrected chi connectivity index (χ1v) is 3.78. The third kappa shape index (κ3) is 1.72. The lowest BCUT2D eigenvalue weighted by molar-refractivity contribution is 0.0697. The zero-order chi connectivity index (χ0) is 10.0. The van der Waals surface area contributed by atoms with Crippen LogP contribution in [0, 0.1) is 19.4 Å². The second-order valence-corrected chi connectivity index (χ2v) is 2.85. The van der Waals surface area contributed by atoms with E-state index in [1.807, 2.05) is 6.92 Å². The Hall–Kier alpha value is -1.71. The molecule has 0 radical (unpaired) electrons. The number of rotatable bonds is 2. The lowest BCUT2D eigenvalue weighted by Gasteiger charge is -2.04. The molecule has 0 bridgehead atoms. The molecule has 0 heterocycles. The molecule has 0 spiro atoms. The Morgan fingerprint density at radius 2 is 2.08 bits per heavy atom. The molecule has 68 valence electrons. The molecular formula is C9H10N2O2. The Kier molecular flexibility index (Phi) is 2.41. The van der Waals surface area contributed by atoms with Crippen molar-refractivity contribution in [2.75, 3.05) is 0 Å². The van der Waals surface area contributed by atoms with Crippen LogP contribution in [-0.2, 0) is 0 Å². The van der Waals surface area contributed by atoms with Crippen molar-refractivity contribution in [2.24, 2.45) is 5.11 Å². The van der Waals surface area contributed by atoms with Crippen molar-refractivity contribution >= 4 is 11.7 Å². The van der Waals surface area contributed by atoms with Crippen molar-refractivity contribution in [2.45, 2.75) is 13.8 Å². The maximum atomic E-state index is 10.6. The summed E-state index contributed by atoms with van der Waals surface area (Å²) in [5.74, 6) is -0.993. The summed E-state index contributed by atoms with van der Waals surface area (Å²) in [6.07, 6.45) is 0. The van der Waals surface area contributed by atoms with Crippen LogP contribution in [-0.4, -0.2) is 11.1 Å². The lowest BCUT2D eigenvalue weighted by Crippen LogP contribution is -1.97. The standard InChI is InChI=1S/C9H10N2O2/c1-5-3-7(9(12)13)4-8(11-10)6(5)2/h3-4,10H,1-2H3,(H,12,13). The molecule has 0 aliphatic carbocycles. The first kappa shape index (κ1) is 9.38. The van der Waals surface area contributed by atoms with E-state index in [2.05, 4.69) is 5.11 Å². The molecule has 0 fully saturated rings. The van der Waals surface area contributed by atoms with Gasteiger partial charge in [0.1, 0.15) is 0 Å². The fraction of sp³-hybridized carbons (Fsp3) is 0.222. The van der Waals surface area contributed by atoms with E-state index in [-0.39, 0.29) is 5.56 Å². The molecule has 0 aromatic heterocycles. The third-order valence-electron chi connectivity index (χ3n) is 2.01. The van der Waals surface area contributed by atoms with Crippen LogP contribution in [0.4, 0.5) is 5.69 Å². The largest absolute Gasteiger partial charge is 0.478 e. The second-order valence-electron chi connectivity index (χ2n) is 2.85. The van der Waals surface area contributed by atoms with E-state index in [4.69, 9.17) is 10.6 Å². The minimum atomic E-state index is -0.993. The minimum Gasteiger partial charge on any atom is -0.478 e. The summed E-state index contributed by atoms with van der Waals surface area (Å²) in [4.78, 5) is 10.6. The molecule has 1 rings (SSSR count). The number of benzene rings is 1. The van der Waals surface area contributed by atoms with Gasteiger partial charge >= 0.3 is 5.97 Å². The molecule has 0 aliphatic heterocycles. The van der Waals surface area contributed by atoms with E-state index < -0.39 is 5.97 Å². The van der Waals surface area contributed by atoms with Gasteiger partial charge in [-0.15, -0.1) is 0 Å². The topological polar surface area (TPSA) is 73.5 Å². The summed E-state index contributed by atoms with van der Waals surface area (Å²) in [5.41, 5.74) is 9.13. The van der Waals surface area contributed by atoms with Crippen LogP contribution >= 0.6 is 0 Å². The van der Waals surface area contributed by atoms with Crippen molar-refractivity contribution < 1.29 is 9.90 Å². The summed E-state index contributed by atoms with van der Waals surface area (Å²) >= 11 is 0. The van der Waals surface area contributed by atoms with Crippen molar-refractivity contribution in [3.05, 3.63) is 28.8 Å². The summed E-state index contributed by atoms with van der Waals surface area (Å²) in [6.45, 7) is 3.62. The van der Waals surface area contributed by atoms with Gasteiger partial charge in [0.05, 0.1) is 11.3 Å². The highest BCUT2D eigenvalue weighted by molar-refractivity contribution is 5.89. The highest BCUT2D eigenvalue weighted by atomic mass is 16.4. The SMILES string of the molecule is Cc1cc(C(=O)O)cc(N=N)c1C. The average molecular weight is 178 g/mol. The van der Waals surface area contributed by atoms with Gasteiger partial charge in [-0.25, -0.2) is 10.3 Å². The van der Waals surface area contributed by atoms with Crippen LogP contribution in [0.2, 0.25) is 0 Å². The molecule has 0 saturated heterocycles. The number of carboxylic acid groups (broad SMARTS) is 1. The first-order chi connectivity index (χ1) is 6.06. The quantitative estimate of drug-likeness (QED) is 0.683. The maximum absolute atomic E-state index is 10.6. The minimum absolute atomic E-state index is 0.175. The molecule has 0 aliphatic rings. The van der Waals surface area contributed by atoms with Crippen LogP contribution in [0.25, 0.3) is 0 Å². The summed E-state index contributed by atoms with van der Waals surface area (Å²) in [6, 6.07) is 2.98. The third-order valence-corrected chi connectivity index (χ3v) is 2.01. The number of aromatic carboxylic acids is 1. The monoisotopic (exact) mass is 178 g/mol. The van der Waals surface area contributed by atoms with Gasteiger partial charge in [0.25, 0.3) is 0 Å². The molecule has 1 aromatic carbocycles. The Labute approximate surface area is 75.7 Å². The summed E-state index contributed by atoms with van der Waals surface area (Å²) in [7, 11) is 0. The summed E-state index contributed by atoms with van der Waals surface area (Å²) in [5, 5.41) is 12.0. The van der Waals surface area contributed by atoms with Crippen LogP contribution in [0.5, 0.6) is 0 Å². The number of nitrogens with zero attached hydrogens (tertiary/aromatic N) is 1. The van der Waals surface area contributed by atoms with Crippen LogP contribution < -0.4 is 0 Å². The fourth-order valence-corrected chi connectivity index (χ4v) is 1.08. The zero-order valence-corrected chi connectivity index (χ0v) is 7.46. The molecule has 4 heteroatoms. The Bertz CT molecular complexity index is 372. The van der Waals surface area contributed by atoms with Crippen molar-refractivity contribution in [1.29, 1.82) is 5.53 Å². The van der Waals surface area contributed by atoms with E-state index in [9.17, 15) is 4.79 Å². The molecular weight excluding hydrogens is 168 g/mol. The highest BCUT2D eigenvalue weighted by Gasteiger charge is 2.08. The molecule has 0 unspecified atom stereocenters. The number of carboxylic acids is 1. The number of hydrogen-bond donors (Lipinski definition) is 2. The van der Waals surface area contributed by atoms with Gasteiger partial charge in [0.2, 0.25) is 0 Å². The van der Waals surface area contributed by atoms with E-state index >= 15 is 0 Å². The number of aryl methyl sites for hydroxylation is 1. The van der Waals surface area contributed by atoms with E-state index in [1.54, 1.807) is 13.0 Å². The van der Waals surface area contributed by atoms with Gasteiger partial charge < -0.3 is 5.11 Å². The Morgan fingerprint density at radius 1 is 1.46 bits per heavy atom. The molecule has 0 atom stereocenters. The van der Waals surface area contributed by atoms with E-state index in [0.29, 0.717) is 5.69 Å². The smallest absolute Gasteiger partial charge is 0.335 e. The maximum Gasteiger partial charge on any atom is 0.335 e. The van der Waals surface area contributed by atoms with Gasteiger partial charge in [0, 0.05) is 0 Å². The number of hydrogen-bond acceptors (Lipinski definition) is 3. The molecule has 0 amide bonds. The molecule has 13 heavy (non-hydrogen) atoms. The van der Waals surface area contributed by atoms with Crippen LogP contribution in [0.15, 0.2) is 17.2 Å². The van der Waals surface area contributed by atoms with Crippen molar-refractivity contribution in [1.82, 2.24) is 0 Å². The molecule has 2 N–H and O–H groups in total. The van der Waals surface area contributed by atoms with E-state index in [0.717, 1.165) is 11.1 Å². The second kappa shape index (κ2) is 3.35. The van der Waals surface area contributed by atoms with E-state index in [1.165, 1.54) is 6.07 Å². The van der Waals surface area contributed by atoms with Gasteiger partial charge in [-0.1, -0.05) is 0 Å².